The Morgan fingerprint density at radius 1 is 1.06 bits per heavy atom. The summed E-state index contributed by atoms with van der Waals surface area (Å²) in [7, 11) is 0. The van der Waals surface area contributed by atoms with Crippen molar-refractivity contribution < 1.29 is 9.18 Å². The Bertz CT molecular complexity index is 1200. The fourth-order valence-electron chi connectivity index (χ4n) is 3.76. The zero-order chi connectivity index (χ0) is 21.9. The van der Waals surface area contributed by atoms with E-state index in [0.717, 1.165) is 30.1 Å². The number of halogens is 1. The number of nitrogens with zero attached hydrogens (tertiary/aromatic N) is 6. The van der Waals surface area contributed by atoms with Crippen LogP contribution in [0.2, 0.25) is 0 Å². The summed E-state index contributed by atoms with van der Waals surface area (Å²) < 4.78 is 15.4. The van der Waals surface area contributed by atoms with Gasteiger partial charge in [-0.15, -0.1) is 16.4 Å². The molecule has 1 fully saturated rings. The van der Waals surface area contributed by atoms with Crippen LogP contribution < -0.4 is 0 Å². The van der Waals surface area contributed by atoms with Crippen LogP contribution in [0.5, 0.6) is 0 Å². The SMILES string of the molecule is O=C(c1nc(-c2cccs2)n(-c2cccc(F)c2)n1)N1CCN(Cc2cccnc2)CC1. The molecule has 1 aromatic carbocycles. The van der Waals surface area contributed by atoms with Crippen LogP contribution in [0.4, 0.5) is 4.39 Å². The van der Waals surface area contributed by atoms with Crippen molar-refractivity contribution in [3.63, 3.8) is 0 Å². The summed E-state index contributed by atoms with van der Waals surface area (Å²) in [4.78, 5) is 26.8. The summed E-state index contributed by atoms with van der Waals surface area (Å²) >= 11 is 1.50. The summed E-state index contributed by atoms with van der Waals surface area (Å²) in [5.41, 5.74) is 1.68. The molecule has 32 heavy (non-hydrogen) atoms. The third kappa shape index (κ3) is 4.30. The second-order valence-electron chi connectivity index (χ2n) is 7.56. The van der Waals surface area contributed by atoms with Gasteiger partial charge < -0.3 is 4.90 Å². The number of thiophene rings is 1. The molecule has 0 spiro atoms. The van der Waals surface area contributed by atoms with Crippen LogP contribution in [0, 0.1) is 5.82 Å². The molecule has 1 amide bonds. The minimum atomic E-state index is -0.368. The smallest absolute Gasteiger partial charge is 0.293 e. The first-order chi connectivity index (χ1) is 15.7. The number of amides is 1. The Labute approximate surface area is 188 Å². The number of rotatable bonds is 5. The van der Waals surface area contributed by atoms with Gasteiger partial charge in [-0.05, 0) is 41.3 Å². The summed E-state index contributed by atoms with van der Waals surface area (Å²) in [6, 6.07) is 13.9. The van der Waals surface area contributed by atoms with Crippen LogP contribution in [0.1, 0.15) is 16.2 Å². The summed E-state index contributed by atoms with van der Waals surface area (Å²) in [6.45, 7) is 3.54. The zero-order valence-electron chi connectivity index (χ0n) is 17.3. The molecular formula is C23H21FN6OS. The van der Waals surface area contributed by atoms with Crippen LogP contribution in [0.15, 0.2) is 66.3 Å². The van der Waals surface area contributed by atoms with E-state index in [1.807, 2.05) is 29.8 Å². The van der Waals surface area contributed by atoms with Gasteiger partial charge in [0, 0.05) is 45.1 Å². The third-order valence-corrected chi connectivity index (χ3v) is 6.25. The molecule has 0 radical (unpaired) electrons. The summed E-state index contributed by atoms with van der Waals surface area (Å²) in [6.07, 6.45) is 3.63. The van der Waals surface area contributed by atoms with Crippen molar-refractivity contribution in [2.45, 2.75) is 6.54 Å². The van der Waals surface area contributed by atoms with Crippen LogP contribution in [-0.2, 0) is 6.54 Å². The molecule has 4 heterocycles. The molecule has 1 saturated heterocycles. The monoisotopic (exact) mass is 448 g/mol. The average Bonchev–Trinajstić information content (AvgIpc) is 3.50. The molecule has 1 aliphatic rings. The summed E-state index contributed by atoms with van der Waals surface area (Å²) in [5.74, 6) is 0.0780. The molecule has 0 bridgehead atoms. The minimum Gasteiger partial charge on any atom is -0.333 e. The number of hydrogen-bond acceptors (Lipinski definition) is 6. The topological polar surface area (TPSA) is 67.2 Å². The quantitative estimate of drug-likeness (QED) is 0.468. The van der Waals surface area contributed by atoms with Gasteiger partial charge in [0.15, 0.2) is 5.82 Å². The van der Waals surface area contributed by atoms with Crippen molar-refractivity contribution in [3.05, 3.63) is 83.5 Å². The van der Waals surface area contributed by atoms with Gasteiger partial charge in [-0.2, -0.15) is 0 Å². The highest BCUT2D eigenvalue weighted by atomic mass is 32.1. The largest absolute Gasteiger partial charge is 0.333 e. The molecule has 0 unspecified atom stereocenters. The highest BCUT2D eigenvalue weighted by molar-refractivity contribution is 7.13. The highest BCUT2D eigenvalue weighted by Gasteiger charge is 2.27. The molecule has 0 saturated carbocycles. The minimum absolute atomic E-state index is 0.123. The van der Waals surface area contributed by atoms with Gasteiger partial charge in [0.1, 0.15) is 5.82 Å². The van der Waals surface area contributed by atoms with Crippen LogP contribution in [0.25, 0.3) is 16.4 Å². The first kappa shape index (κ1) is 20.5. The fourth-order valence-corrected chi connectivity index (χ4v) is 4.45. The van der Waals surface area contributed by atoms with Gasteiger partial charge in [0.2, 0.25) is 5.82 Å². The second-order valence-corrected chi connectivity index (χ2v) is 8.51. The molecule has 7 nitrogen and oxygen atoms in total. The molecular weight excluding hydrogens is 427 g/mol. The van der Waals surface area contributed by atoms with Crippen molar-refractivity contribution in [2.24, 2.45) is 0 Å². The Hall–Kier alpha value is -3.43. The lowest BCUT2D eigenvalue weighted by Gasteiger charge is -2.34. The van der Waals surface area contributed by atoms with Crippen molar-refractivity contribution in [3.8, 4) is 16.4 Å². The van der Waals surface area contributed by atoms with Gasteiger partial charge in [-0.3, -0.25) is 14.7 Å². The van der Waals surface area contributed by atoms with Crippen LogP contribution in [0.3, 0.4) is 0 Å². The fraction of sp³-hybridized carbons (Fsp3) is 0.217. The molecule has 9 heteroatoms. The van der Waals surface area contributed by atoms with Gasteiger partial charge in [-0.25, -0.2) is 14.1 Å². The van der Waals surface area contributed by atoms with Crippen LogP contribution >= 0.6 is 11.3 Å². The Balaban J connectivity index is 1.35. The number of carbonyl (C=O) groups excluding carboxylic acids is 1. The number of hydrogen-bond donors (Lipinski definition) is 0. The molecule has 0 aliphatic carbocycles. The van der Waals surface area contributed by atoms with E-state index in [-0.39, 0.29) is 17.5 Å². The standard InChI is InChI=1S/C23H21FN6OS/c24-18-5-1-6-19(14-18)30-22(20-7-3-13-32-20)26-21(27-30)23(31)29-11-9-28(10-12-29)16-17-4-2-8-25-15-17/h1-8,13-15H,9-12,16H2. The van der Waals surface area contributed by atoms with E-state index in [9.17, 15) is 9.18 Å². The van der Waals surface area contributed by atoms with Crippen molar-refractivity contribution in [2.75, 3.05) is 26.2 Å². The molecule has 0 atom stereocenters. The van der Waals surface area contributed by atoms with Crippen molar-refractivity contribution in [1.29, 1.82) is 0 Å². The predicted molar refractivity (Wildman–Crippen MR) is 120 cm³/mol. The molecule has 3 aromatic heterocycles. The Kier molecular flexibility index (Phi) is 5.74. The maximum atomic E-state index is 13.8. The van der Waals surface area contributed by atoms with E-state index in [1.54, 1.807) is 27.9 Å². The van der Waals surface area contributed by atoms with E-state index >= 15 is 0 Å². The lowest BCUT2D eigenvalue weighted by atomic mass is 10.2. The van der Waals surface area contributed by atoms with Gasteiger partial charge in [0.05, 0.1) is 10.6 Å². The van der Waals surface area contributed by atoms with Crippen molar-refractivity contribution >= 4 is 17.2 Å². The number of benzene rings is 1. The number of pyridine rings is 1. The predicted octanol–water partition coefficient (Wildman–Crippen LogP) is 3.49. The summed E-state index contributed by atoms with van der Waals surface area (Å²) in [5, 5.41) is 6.41. The first-order valence-corrected chi connectivity index (χ1v) is 11.2. The normalized spacial score (nSPS) is 14.6. The number of aromatic nitrogens is 4. The third-order valence-electron chi connectivity index (χ3n) is 5.38. The number of carbonyl (C=O) groups is 1. The molecule has 1 aliphatic heterocycles. The van der Waals surface area contributed by atoms with E-state index in [0.29, 0.717) is 24.6 Å². The molecule has 4 aromatic rings. The van der Waals surface area contributed by atoms with Gasteiger partial charge in [-0.1, -0.05) is 18.2 Å². The lowest BCUT2D eigenvalue weighted by molar-refractivity contribution is 0.0616. The molecule has 5 rings (SSSR count). The molecule has 162 valence electrons. The highest BCUT2D eigenvalue weighted by Crippen LogP contribution is 2.26. The first-order valence-electron chi connectivity index (χ1n) is 10.3. The van der Waals surface area contributed by atoms with E-state index in [4.69, 9.17) is 0 Å². The number of piperazine rings is 1. The lowest BCUT2D eigenvalue weighted by Crippen LogP contribution is -2.48. The van der Waals surface area contributed by atoms with Gasteiger partial charge >= 0.3 is 0 Å². The zero-order valence-corrected chi connectivity index (χ0v) is 18.1. The molecule has 0 N–H and O–H groups in total. The Morgan fingerprint density at radius 3 is 2.66 bits per heavy atom. The van der Waals surface area contributed by atoms with E-state index in [1.165, 1.54) is 23.5 Å². The van der Waals surface area contributed by atoms with Crippen molar-refractivity contribution in [1.82, 2.24) is 29.5 Å². The maximum absolute atomic E-state index is 13.8. The van der Waals surface area contributed by atoms with Crippen LogP contribution in [-0.4, -0.2) is 61.6 Å². The van der Waals surface area contributed by atoms with E-state index < -0.39 is 0 Å². The van der Waals surface area contributed by atoms with E-state index in [2.05, 4.69) is 26.0 Å². The van der Waals surface area contributed by atoms with Gasteiger partial charge in [0.25, 0.3) is 5.91 Å². The maximum Gasteiger partial charge on any atom is 0.293 e. The second kappa shape index (κ2) is 8.97. The average molecular weight is 449 g/mol. The Morgan fingerprint density at radius 2 is 1.94 bits per heavy atom.